The van der Waals surface area contributed by atoms with Gasteiger partial charge in [0.2, 0.25) is 0 Å². The molecule has 0 unspecified atom stereocenters. The molecule has 6 nitrogen and oxygen atoms in total. The van der Waals surface area contributed by atoms with Gasteiger partial charge in [-0.25, -0.2) is 4.98 Å². The van der Waals surface area contributed by atoms with E-state index in [4.69, 9.17) is 21.1 Å². The lowest BCUT2D eigenvalue weighted by atomic mass is 9.93. The second-order valence-corrected chi connectivity index (χ2v) is 9.37. The zero-order valence-corrected chi connectivity index (χ0v) is 20.1. The van der Waals surface area contributed by atoms with Crippen molar-refractivity contribution < 1.29 is 14.6 Å². The Morgan fingerprint density at radius 3 is 2.70 bits per heavy atom. The lowest BCUT2D eigenvalue weighted by molar-refractivity contribution is -0.0621. The van der Waals surface area contributed by atoms with Gasteiger partial charge in [-0.15, -0.1) is 0 Å². The number of halogens is 1. The van der Waals surface area contributed by atoms with Crippen LogP contribution >= 0.6 is 11.6 Å². The highest BCUT2D eigenvalue weighted by molar-refractivity contribution is 6.32. The van der Waals surface area contributed by atoms with Crippen LogP contribution in [0, 0.1) is 13.8 Å². The van der Waals surface area contributed by atoms with Gasteiger partial charge in [0.15, 0.2) is 0 Å². The van der Waals surface area contributed by atoms with E-state index in [2.05, 4.69) is 22.0 Å². The predicted molar refractivity (Wildman–Crippen MR) is 130 cm³/mol. The van der Waals surface area contributed by atoms with Gasteiger partial charge in [-0.2, -0.15) is 0 Å². The summed E-state index contributed by atoms with van der Waals surface area (Å²) in [5, 5.41) is 12.0. The van der Waals surface area contributed by atoms with Gasteiger partial charge in [-0.1, -0.05) is 23.7 Å². The molecule has 0 spiro atoms. The van der Waals surface area contributed by atoms with Crippen LogP contribution < -0.4 is 9.47 Å². The van der Waals surface area contributed by atoms with Crippen LogP contribution in [0.25, 0.3) is 0 Å². The molecule has 1 aliphatic rings. The summed E-state index contributed by atoms with van der Waals surface area (Å²) in [7, 11) is 0. The fourth-order valence-electron chi connectivity index (χ4n) is 4.35. The number of hydrogen-bond acceptors (Lipinski definition) is 5. The molecule has 0 radical (unpaired) electrons. The van der Waals surface area contributed by atoms with E-state index in [1.807, 2.05) is 48.9 Å². The number of β-amino-alcohol motifs (C(OH)–C–C–N with tert-alkyl or cyclic N) is 1. The summed E-state index contributed by atoms with van der Waals surface area (Å²) in [5.74, 6) is 1.61. The van der Waals surface area contributed by atoms with Gasteiger partial charge in [-0.3, -0.25) is 4.90 Å². The number of ether oxygens (including phenoxy) is 2. The Morgan fingerprint density at radius 1 is 1.12 bits per heavy atom. The van der Waals surface area contributed by atoms with Gasteiger partial charge < -0.3 is 19.1 Å². The zero-order valence-electron chi connectivity index (χ0n) is 19.3. The van der Waals surface area contributed by atoms with E-state index in [9.17, 15) is 5.11 Å². The quantitative estimate of drug-likeness (QED) is 0.494. The Hall–Kier alpha value is -2.54. The molecule has 1 N–H and O–H groups in total. The van der Waals surface area contributed by atoms with Crippen LogP contribution in [0.15, 0.2) is 55.1 Å². The number of rotatable bonds is 9. The van der Waals surface area contributed by atoms with Gasteiger partial charge in [0.05, 0.1) is 12.9 Å². The van der Waals surface area contributed by atoms with Crippen molar-refractivity contribution in [3.05, 3.63) is 76.8 Å². The Bertz CT molecular complexity index is 1030. The predicted octanol–water partition coefficient (Wildman–Crippen LogP) is 4.64. The Balaban J connectivity index is 1.30. The minimum Gasteiger partial charge on any atom is -0.492 e. The van der Waals surface area contributed by atoms with Crippen molar-refractivity contribution in [1.29, 1.82) is 0 Å². The summed E-state index contributed by atoms with van der Waals surface area (Å²) in [6, 6.07) is 12.0. The van der Waals surface area contributed by atoms with E-state index >= 15 is 0 Å². The Labute approximate surface area is 200 Å². The fourth-order valence-corrected chi connectivity index (χ4v) is 4.45. The molecule has 2 heterocycles. The molecule has 1 saturated heterocycles. The van der Waals surface area contributed by atoms with Crippen LogP contribution in [-0.2, 0) is 13.1 Å². The third-order valence-electron chi connectivity index (χ3n) is 6.03. The van der Waals surface area contributed by atoms with Crippen LogP contribution in [0.3, 0.4) is 0 Å². The second-order valence-electron chi connectivity index (χ2n) is 8.99. The molecule has 1 aromatic heterocycles. The molecular weight excluding hydrogens is 438 g/mol. The monoisotopic (exact) mass is 469 g/mol. The molecule has 1 aliphatic heterocycles. The van der Waals surface area contributed by atoms with Crippen LogP contribution in [-0.4, -0.2) is 51.5 Å². The van der Waals surface area contributed by atoms with E-state index < -0.39 is 5.60 Å². The molecule has 7 heteroatoms. The number of nitrogens with zero attached hydrogens (tertiary/aromatic N) is 3. The van der Waals surface area contributed by atoms with Crippen molar-refractivity contribution in [3.8, 4) is 11.5 Å². The first-order valence-corrected chi connectivity index (χ1v) is 11.8. The first-order chi connectivity index (χ1) is 15.9. The molecular formula is C26H32ClN3O3. The lowest BCUT2D eigenvalue weighted by Crippen LogP contribution is -2.51. The highest BCUT2D eigenvalue weighted by Gasteiger charge is 2.34. The van der Waals surface area contributed by atoms with Gasteiger partial charge >= 0.3 is 0 Å². The number of aliphatic hydroxyl groups is 1. The van der Waals surface area contributed by atoms with Crippen LogP contribution in [0.4, 0.5) is 0 Å². The van der Waals surface area contributed by atoms with Crippen molar-refractivity contribution in [2.24, 2.45) is 0 Å². The SMILES string of the molecule is Cc1cc(OC[C@@]2(O)CCCN(Cc3cccc(OCCn4ccnc4)c3)C2)cc(C)c1Cl. The van der Waals surface area contributed by atoms with Gasteiger partial charge in [0.25, 0.3) is 0 Å². The maximum Gasteiger partial charge on any atom is 0.120 e. The van der Waals surface area contributed by atoms with Crippen molar-refractivity contribution in [2.45, 2.75) is 45.4 Å². The molecule has 0 aliphatic carbocycles. The minimum absolute atomic E-state index is 0.265. The van der Waals surface area contributed by atoms with Crippen molar-refractivity contribution >= 4 is 11.6 Å². The van der Waals surface area contributed by atoms with Crippen LogP contribution in [0.2, 0.25) is 5.02 Å². The van der Waals surface area contributed by atoms with E-state index in [-0.39, 0.29) is 6.61 Å². The summed E-state index contributed by atoms with van der Waals surface area (Å²) in [4.78, 5) is 6.33. The molecule has 4 rings (SSSR count). The largest absolute Gasteiger partial charge is 0.492 e. The van der Waals surface area contributed by atoms with Crippen molar-refractivity contribution in [2.75, 3.05) is 26.3 Å². The van der Waals surface area contributed by atoms with Crippen molar-refractivity contribution in [3.63, 3.8) is 0 Å². The van der Waals surface area contributed by atoms with E-state index in [1.54, 1.807) is 12.5 Å². The van der Waals surface area contributed by atoms with E-state index in [1.165, 1.54) is 5.56 Å². The van der Waals surface area contributed by atoms with Gasteiger partial charge in [0.1, 0.15) is 30.3 Å². The Kier molecular flexibility index (Phi) is 7.58. The molecule has 3 aromatic rings. The average Bonchev–Trinajstić information content (AvgIpc) is 3.30. The van der Waals surface area contributed by atoms with E-state index in [0.29, 0.717) is 13.2 Å². The lowest BCUT2D eigenvalue weighted by Gasteiger charge is -2.39. The molecule has 0 bridgehead atoms. The third kappa shape index (κ3) is 6.50. The topological polar surface area (TPSA) is 59.8 Å². The van der Waals surface area contributed by atoms with Crippen molar-refractivity contribution in [1.82, 2.24) is 14.5 Å². The summed E-state index contributed by atoms with van der Waals surface area (Å²) in [6.07, 6.45) is 7.14. The summed E-state index contributed by atoms with van der Waals surface area (Å²) >= 11 is 6.26. The fraction of sp³-hybridized carbons (Fsp3) is 0.423. The second kappa shape index (κ2) is 10.6. The highest BCUT2D eigenvalue weighted by atomic mass is 35.5. The Morgan fingerprint density at radius 2 is 1.94 bits per heavy atom. The molecule has 1 atom stereocenters. The summed E-state index contributed by atoms with van der Waals surface area (Å²) < 4.78 is 13.9. The zero-order chi connectivity index (χ0) is 23.3. The molecule has 0 saturated carbocycles. The molecule has 0 amide bonds. The molecule has 33 heavy (non-hydrogen) atoms. The smallest absolute Gasteiger partial charge is 0.120 e. The van der Waals surface area contributed by atoms with Crippen LogP contribution in [0.1, 0.15) is 29.5 Å². The normalized spacial score (nSPS) is 18.9. The summed E-state index contributed by atoms with van der Waals surface area (Å²) in [5.41, 5.74) is 2.26. The number of aromatic nitrogens is 2. The number of hydrogen-bond donors (Lipinski definition) is 1. The minimum atomic E-state index is -0.876. The number of imidazole rings is 1. The standard InChI is InChI=1S/C26H32ClN3O3/c1-20-13-24(14-21(2)25(20)27)33-18-26(31)7-4-9-30(17-26)16-22-5-3-6-23(15-22)32-12-11-29-10-8-28-19-29/h3,5-6,8,10,13-15,19,31H,4,7,9,11-12,16-18H2,1-2H3/t26-/m1/s1. The maximum absolute atomic E-state index is 11.2. The number of piperidine rings is 1. The first kappa shape index (κ1) is 23.6. The summed E-state index contributed by atoms with van der Waals surface area (Å²) in [6.45, 7) is 7.84. The third-order valence-corrected chi connectivity index (χ3v) is 6.63. The maximum atomic E-state index is 11.2. The van der Waals surface area contributed by atoms with Gasteiger partial charge in [0, 0.05) is 30.5 Å². The molecule has 1 fully saturated rings. The number of likely N-dealkylation sites (tertiary alicyclic amines) is 1. The molecule has 2 aromatic carbocycles. The van der Waals surface area contributed by atoms with Crippen LogP contribution in [0.5, 0.6) is 11.5 Å². The number of aryl methyl sites for hydroxylation is 2. The highest BCUT2D eigenvalue weighted by Crippen LogP contribution is 2.28. The van der Waals surface area contributed by atoms with E-state index in [0.717, 1.165) is 60.1 Å². The first-order valence-electron chi connectivity index (χ1n) is 11.4. The van der Waals surface area contributed by atoms with Gasteiger partial charge in [-0.05, 0) is 74.2 Å². The molecule has 176 valence electrons. The average molecular weight is 470 g/mol. The number of benzene rings is 2.